The number of rotatable bonds is 3. The molecule has 0 radical (unpaired) electrons. The van der Waals surface area contributed by atoms with E-state index < -0.39 is 11.9 Å². The van der Waals surface area contributed by atoms with Gasteiger partial charge in [-0.15, -0.1) is 22.7 Å². The SMILES string of the molecule is Cc1ncsc1C(=O)N(C)Cc1nc(C(F)(F)F)cs1. The lowest BCUT2D eigenvalue weighted by Crippen LogP contribution is -2.26. The molecule has 0 aromatic carbocycles. The Morgan fingerprint density at radius 1 is 1.40 bits per heavy atom. The van der Waals surface area contributed by atoms with E-state index in [0.29, 0.717) is 10.6 Å². The average Bonchev–Trinajstić information content (AvgIpc) is 2.96. The molecule has 0 saturated heterocycles. The van der Waals surface area contributed by atoms with Crippen LogP contribution in [0.2, 0.25) is 0 Å². The summed E-state index contributed by atoms with van der Waals surface area (Å²) in [6.07, 6.45) is -4.45. The summed E-state index contributed by atoms with van der Waals surface area (Å²) in [4.78, 5) is 21.4. The number of thiazole rings is 2. The van der Waals surface area contributed by atoms with Crippen LogP contribution in [0.15, 0.2) is 10.9 Å². The first-order valence-electron chi connectivity index (χ1n) is 5.46. The van der Waals surface area contributed by atoms with Crippen molar-refractivity contribution in [2.75, 3.05) is 7.05 Å². The zero-order valence-electron chi connectivity index (χ0n) is 10.6. The van der Waals surface area contributed by atoms with Gasteiger partial charge in [-0.2, -0.15) is 13.2 Å². The van der Waals surface area contributed by atoms with Crippen LogP contribution in [-0.2, 0) is 12.7 Å². The van der Waals surface area contributed by atoms with Gasteiger partial charge in [0, 0.05) is 12.4 Å². The average molecular weight is 321 g/mol. The van der Waals surface area contributed by atoms with Gasteiger partial charge in [0.15, 0.2) is 5.69 Å². The van der Waals surface area contributed by atoms with E-state index in [1.54, 1.807) is 12.4 Å². The zero-order valence-corrected chi connectivity index (χ0v) is 12.2. The summed E-state index contributed by atoms with van der Waals surface area (Å²) in [7, 11) is 1.52. The lowest BCUT2D eigenvalue weighted by molar-refractivity contribution is -0.140. The first-order valence-corrected chi connectivity index (χ1v) is 7.22. The molecule has 0 aliphatic heterocycles. The minimum Gasteiger partial charge on any atom is -0.334 e. The predicted octanol–water partition coefficient (Wildman–Crippen LogP) is 3.20. The van der Waals surface area contributed by atoms with E-state index in [1.807, 2.05) is 0 Å². The van der Waals surface area contributed by atoms with Crippen LogP contribution in [0.4, 0.5) is 13.2 Å². The maximum atomic E-state index is 12.4. The molecule has 20 heavy (non-hydrogen) atoms. The van der Waals surface area contributed by atoms with Crippen LogP contribution in [0.1, 0.15) is 26.1 Å². The smallest absolute Gasteiger partial charge is 0.334 e. The molecule has 0 N–H and O–H groups in total. The normalized spacial score (nSPS) is 11.7. The van der Waals surface area contributed by atoms with Crippen molar-refractivity contribution in [3.8, 4) is 0 Å². The molecule has 0 bridgehead atoms. The fourth-order valence-electron chi connectivity index (χ4n) is 1.47. The Bertz CT molecular complexity index is 620. The number of hydrogen-bond acceptors (Lipinski definition) is 5. The van der Waals surface area contributed by atoms with Crippen LogP contribution in [0.3, 0.4) is 0 Å². The highest BCUT2D eigenvalue weighted by Gasteiger charge is 2.33. The van der Waals surface area contributed by atoms with Gasteiger partial charge in [-0.3, -0.25) is 4.79 Å². The van der Waals surface area contributed by atoms with E-state index in [4.69, 9.17) is 0 Å². The Hall–Kier alpha value is -1.48. The minimum atomic E-state index is -4.45. The highest BCUT2D eigenvalue weighted by atomic mass is 32.1. The number of nitrogens with zero attached hydrogens (tertiary/aromatic N) is 3. The summed E-state index contributed by atoms with van der Waals surface area (Å²) in [6, 6.07) is 0. The lowest BCUT2D eigenvalue weighted by atomic mass is 10.3. The van der Waals surface area contributed by atoms with Crippen LogP contribution in [0.5, 0.6) is 0 Å². The molecule has 0 atom stereocenters. The van der Waals surface area contributed by atoms with Gasteiger partial charge in [0.2, 0.25) is 0 Å². The molecule has 108 valence electrons. The maximum Gasteiger partial charge on any atom is 0.434 e. The Kier molecular flexibility index (Phi) is 4.09. The fraction of sp³-hybridized carbons (Fsp3) is 0.364. The third kappa shape index (κ3) is 3.15. The fourth-order valence-corrected chi connectivity index (χ4v) is 3.12. The van der Waals surface area contributed by atoms with Crippen molar-refractivity contribution in [1.29, 1.82) is 0 Å². The number of carbonyl (C=O) groups excluding carboxylic acids is 1. The first kappa shape index (κ1) is 14.9. The standard InChI is InChI=1S/C11H10F3N3OS2/c1-6-9(20-5-15-6)10(18)17(2)3-8-16-7(4-19-8)11(12,13)14/h4-5H,3H2,1-2H3. The van der Waals surface area contributed by atoms with Crippen molar-refractivity contribution in [3.05, 3.63) is 32.2 Å². The van der Waals surface area contributed by atoms with Crippen LogP contribution in [0, 0.1) is 6.92 Å². The Morgan fingerprint density at radius 3 is 2.60 bits per heavy atom. The maximum absolute atomic E-state index is 12.4. The molecule has 4 nitrogen and oxygen atoms in total. The monoisotopic (exact) mass is 321 g/mol. The molecule has 9 heteroatoms. The third-order valence-electron chi connectivity index (χ3n) is 2.50. The highest BCUT2D eigenvalue weighted by molar-refractivity contribution is 7.12. The molecule has 0 spiro atoms. The summed E-state index contributed by atoms with van der Waals surface area (Å²) in [6.45, 7) is 1.75. The summed E-state index contributed by atoms with van der Waals surface area (Å²) >= 11 is 2.09. The van der Waals surface area contributed by atoms with Gasteiger partial charge < -0.3 is 4.90 Å². The lowest BCUT2D eigenvalue weighted by Gasteiger charge is -2.14. The zero-order chi connectivity index (χ0) is 14.9. The van der Waals surface area contributed by atoms with Crippen LogP contribution in [-0.4, -0.2) is 27.8 Å². The molecule has 0 saturated carbocycles. The molecule has 2 heterocycles. The molecule has 2 aromatic heterocycles. The molecule has 2 rings (SSSR count). The number of hydrogen-bond donors (Lipinski definition) is 0. The molecule has 2 aromatic rings. The van der Waals surface area contributed by atoms with Crippen molar-refractivity contribution in [2.45, 2.75) is 19.6 Å². The molecule has 1 amide bonds. The van der Waals surface area contributed by atoms with Gasteiger partial charge in [0.25, 0.3) is 5.91 Å². The second-order valence-corrected chi connectivity index (χ2v) is 5.85. The van der Waals surface area contributed by atoms with Gasteiger partial charge in [-0.25, -0.2) is 9.97 Å². The first-order chi connectivity index (χ1) is 9.29. The van der Waals surface area contributed by atoms with Crippen molar-refractivity contribution in [2.24, 2.45) is 0 Å². The van der Waals surface area contributed by atoms with E-state index in [1.165, 1.54) is 23.3 Å². The summed E-state index contributed by atoms with van der Waals surface area (Å²) in [5, 5.41) is 1.20. The molecule has 0 unspecified atom stereocenters. The predicted molar refractivity (Wildman–Crippen MR) is 69.8 cm³/mol. The largest absolute Gasteiger partial charge is 0.434 e. The number of aromatic nitrogens is 2. The van der Waals surface area contributed by atoms with Crippen molar-refractivity contribution >= 4 is 28.6 Å². The topological polar surface area (TPSA) is 46.1 Å². The second kappa shape index (κ2) is 5.49. The van der Waals surface area contributed by atoms with E-state index in [-0.39, 0.29) is 17.5 Å². The number of aryl methyl sites for hydroxylation is 1. The summed E-state index contributed by atoms with van der Waals surface area (Å²) in [5.41, 5.74) is 1.25. The molecule has 0 aliphatic carbocycles. The van der Waals surface area contributed by atoms with Crippen molar-refractivity contribution in [3.63, 3.8) is 0 Å². The number of alkyl halides is 3. The van der Waals surface area contributed by atoms with Gasteiger partial charge in [0.05, 0.1) is 17.7 Å². The second-order valence-electron chi connectivity index (χ2n) is 4.05. The van der Waals surface area contributed by atoms with Gasteiger partial charge in [0.1, 0.15) is 9.88 Å². The Labute approximate surface area is 120 Å². The minimum absolute atomic E-state index is 0.0386. The van der Waals surface area contributed by atoms with Crippen molar-refractivity contribution in [1.82, 2.24) is 14.9 Å². The van der Waals surface area contributed by atoms with E-state index in [9.17, 15) is 18.0 Å². The Morgan fingerprint density at radius 2 is 2.10 bits per heavy atom. The van der Waals surface area contributed by atoms with E-state index in [0.717, 1.165) is 16.7 Å². The molecule has 0 aliphatic rings. The van der Waals surface area contributed by atoms with E-state index >= 15 is 0 Å². The van der Waals surface area contributed by atoms with Gasteiger partial charge >= 0.3 is 6.18 Å². The summed E-state index contributed by atoms with van der Waals surface area (Å²) < 4.78 is 37.3. The number of amides is 1. The van der Waals surface area contributed by atoms with Gasteiger partial charge in [-0.05, 0) is 6.92 Å². The van der Waals surface area contributed by atoms with Crippen LogP contribution < -0.4 is 0 Å². The quantitative estimate of drug-likeness (QED) is 0.872. The highest BCUT2D eigenvalue weighted by Crippen LogP contribution is 2.30. The van der Waals surface area contributed by atoms with E-state index in [2.05, 4.69) is 9.97 Å². The third-order valence-corrected chi connectivity index (χ3v) is 4.25. The van der Waals surface area contributed by atoms with Crippen molar-refractivity contribution < 1.29 is 18.0 Å². The summed E-state index contributed by atoms with van der Waals surface area (Å²) in [5.74, 6) is -0.270. The molecular weight excluding hydrogens is 311 g/mol. The number of halogens is 3. The Balaban J connectivity index is 2.08. The van der Waals surface area contributed by atoms with Gasteiger partial charge in [-0.1, -0.05) is 0 Å². The van der Waals surface area contributed by atoms with Crippen LogP contribution >= 0.6 is 22.7 Å². The number of carbonyl (C=O) groups is 1. The molecular formula is C11H10F3N3OS2. The molecule has 0 fully saturated rings. The van der Waals surface area contributed by atoms with Crippen LogP contribution in [0.25, 0.3) is 0 Å².